The Kier molecular flexibility index (Phi) is 5.41. The van der Waals surface area contributed by atoms with Crippen molar-refractivity contribution in [2.75, 3.05) is 18.0 Å². The summed E-state index contributed by atoms with van der Waals surface area (Å²) in [5.74, 6) is -0.190. The first kappa shape index (κ1) is 17.5. The van der Waals surface area contributed by atoms with Crippen molar-refractivity contribution in [3.63, 3.8) is 0 Å². The van der Waals surface area contributed by atoms with Gasteiger partial charge in [-0.15, -0.1) is 0 Å². The number of carbonyl (C=O) groups is 2. The average molecular weight is 341 g/mol. The SMILES string of the molecule is CCN(CC)c1ccc(/C=C2\NC(=O)N(C3CCCCC3)C2=O)cc1. The summed E-state index contributed by atoms with van der Waals surface area (Å²) in [5, 5.41) is 2.75. The first-order chi connectivity index (χ1) is 12.1. The number of imide groups is 1. The number of rotatable bonds is 5. The van der Waals surface area contributed by atoms with Crippen molar-refractivity contribution >= 4 is 23.7 Å². The van der Waals surface area contributed by atoms with Gasteiger partial charge in [0, 0.05) is 24.8 Å². The maximum absolute atomic E-state index is 12.7. The van der Waals surface area contributed by atoms with E-state index >= 15 is 0 Å². The summed E-state index contributed by atoms with van der Waals surface area (Å²) < 4.78 is 0. The number of amides is 3. The van der Waals surface area contributed by atoms with Gasteiger partial charge in [0.15, 0.2) is 0 Å². The predicted molar refractivity (Wildman–Crippen MR) is 100 cm³/mol. The molecule has 5 nitrogen and oxygen atoms in total. The fraction of sp³-hybridized carbons (Fsp3) is 0.500. The topological polar surface area (TPSA) is 52.7 Å². The second-order valence-corrected chi connectivity index (χ2v) is 6.72. The Hall–Kier alpha value is -2.30. The molecule has 0 aromatic heterocycles. The third-order valence-corrected chi connectivity index (χ3v) is 5.18. The van der Waals surface area contributed by atoms with E-state index in [0.717, 1.165) is 50.0 Å². The molecule has 0 radical (unpaired) electrons. The van der Waals surface area contributed by atoms with Crippen LogP contribution >= 0.6 is 0 Å². The van der Waals surface area contributed by atoms with Gasteiger partial charge in [-0.3, -0.25) is 9.69 Å². The van der Waals surface area contributed by atoms with Crippen LogP contribution in [0.15, 0.2) is 30.0 Å². The molecule has 134 valence electrons. The normalized spacial score (nSPS) is 20.2. The first-order valence-corrected chi connectivity index (χ1v) is 9.35. The van der Waals surface area contributed by atoms with Gasteiger partial charge in [-0.2, -0.15) is 0 Å². The van der Waals surface area contributed by atoms with Gasteiger partial charge in [0.2, 0.25) is 0 Å². The number of benzene rings is 1. The summed E-state index contributed by atoms with van der Waals surface area (Å²) in [5.41, 5.74) is 2.47. The monoisotopic (exact) mass is 341 g/mol. The Labute approximate surface area is 149 Å². The number of nitrogens with zero attached hydrogens (tertiary/aromatic N) is 2. The van der Waals surface area contributed by atoms with Gasteiger partial charge in [0.25, 0.3) is 5.91 Å². The van der Waals surface area contributed by atoms with Crippen molar-refractivity contribution < 1.29 is 9.59 Å². The fourth-order valence-electron chi connectivity index (χ4n) is 3.76. The van der Waals surface area contributed by atoms with Crippen LogP contribution in [0.25, 0.3) is 6.08 Å². The molecule has 25 heavy (non-hydrogen) atoms. The molecule has 3 rings (SSSR count). The van der Waals surface area contributed by atoms with E-state index in [1.807, 2.05) is 12.1 Å². The maximum atomic E-state index is 12.7. The molecule has 0 bridgehead atoms. The Morgan fingerprint density at radius 3 is 2.32 bits per heavy atom. The molecule has 1 saturated carbocycles. The summed E-state index contributed by atoms with van der Waals surface area (Å²) in [6.45, 7) is 6.18. The standard InChI is InChI=1S/C20H27N3O2/c1-3-22(4-2)16-12-10-15(11-13-16)14-18-19(24)23(20(25)21-18)17-8-6-5-7-9-17/h10-14,17H,3-9H2,1-2H3,(H,21,25)/b18-14-. The van der Waals surface area contributed by atoms with E-state index in [9.17, 15) is 9.59 Å². The lowest BCUT2D eigenvalue weighted by Gasteiger charge is -2.28. The maximum Gasteiger partial charge on any atom is 0.329 e. The minimum atomic E-state index is -0.275. The van der Waals surface area contributed by atoms with Crippen LogP contribution in [0.4, 0.5) is 10.5 Å². The van der Waals surface area contributed by atoms with E-state index in [1.54, 1.807) is 6.08 Å². The average Bonchev–Trinajstić information content (AvgIpc) is 2.91. The summed E-state index contributed by atoms with van der Waals surface area (Å²) in [4.78, 5) is 28.6. The number of carbonyl (C=O) groups excluding carboxylic acids is 2. The third kappa shape index (κ3) is 3.70. The van der Waals surface area contributed by atoms with E-state index in [2.05, 4.69) is 36.2 Å². The molecule has 1 saturated heterocycles. The van der Waals surface area contributed by atoms with Crippen molar-refractivity contribution in [2.45, 2.75) is 52.0 Å². The molecule has 1 heterocycles. The fourth-order valence-corrected chi connectivity index (χ4v) is 3.76. The minimum absolute atomic E-state index is 0.0530. The Morgan fingerprint density at radius 1 is 1.08 bits per heavy atom. The lowest BCUT2D eigenvalue weighted by Crippen LogP contribution is -2.41. The van der Waals surface area contributed by atoms with E-state index in [1.165, 1.54) is 11.3 Å². The zero-order valence-electron chi connectivity index (χ0n) is 15.1. The van der Waals surface area contributed by atoms with E-state index in [4.69, 9.17) is 0 Å². The zero-order valence-corrected chi connectivity index (χ0v) is 15.1. The molecule has 3 amide bonds. The van der Waals surface area contributed by atoms with E-state index < -0.39 is 0 Å². The molecule has 1 aromatic carbocycles. The van der Waals surface area contributed by atoms with Gasteiger partial charge in [-0.05, 0) is 50.5 Å². The summed E-state index contributed by atoms with van der Waals surface area (Å²) >= 11 is 0. The highest BCUT2D eigenvalue weighted by Gasteiger charge is 2.38. The molecule has 1 aromatic rings. The highest BCUT2D eigenvalue weighted by atomic mass is 16.2. The van der Waals surface area contributed by atoms with Gasteiger partial charge in [0.05, 0.1) is 0 Å². The van der Waals surface area contributed by atoms with E-state index in [-0.39, 0.29) is 18.0 Å². The summed E-state index contributed by atoms with van der Waals surface area (Å²) in [7, 11) is 0. The Balaban J connectivity index is 1.75. The molecule has 1 aliphatic carbocycles. The van der Waals surface area contributed by atoms with Crippen LogP contribution in [0, 0.1) is 0 Å². The van der Waals surface area contributed by atoms with Crippen LogP contribution in [0.5, 0.6) is 0 Å². The summed E-state index contributed by atoms with van der Waals surface area (Å²) in [6.07, 6.45) is 6.99. The smallest absolute Gasteiger partial charge is 0.329 e. The molecule has 2 aliphatic rings. The Bertz CT molecular complexity index is 656. The number of hydrogen-bond donors (Lipinski definition) is 1. The molecule has 1 N–H and O–H groups in total. The first-order valence-electron chi connectivity index (χ1n) is 9.35. The van der Waals surface area contributed by atoms with Crippen LogP contribution in [0.1, 0.15) is 51.5 Å². The molecule has 2 fully saturated rings. The quantitative estimate of drug-likeness (QED) is 0.655. The third-order valence-electron chi connectivity index (χ3n) is 5.18. The van der Waals surface area contributed by atoms with Gasteiger partial charge >= 0.3 is 6.03 Å². The van der Waals surface area contributed by atoms with Gasteiger partial charge in [-0.1, -0.05) is 31.4 Å². The van der Waals surface area contributed by atoms with Crippen LogP contribution in [0.3, 0.4) is 0 Å². The van der Waals surface area contributed by atoms with Gasteiger partial charge < -0.3 is 10.2 Å². The zero-order chi connectivity index (χ0) is 17.8. The predicted octanol–water partition coefficient (Wildman–Crippen LogP) is 3.76. The van der Waals surface area contributed by atoms with Gasteiger partial charge in [-0.25, -0.2) is 4.79 Å². The van der Waals surface area contributed by atoms with Crippen molar-refractivity contribution in [1.82, 2.24) is 10.2 Å². The highest BCUT2D eigenvalue weighted by molar-refractivity contribution is 6.14. The minimum Gasteiger partial charge on any atom is -0.372 e. The number of nitrogens with one attached hydrogen (secondary N) is 1. The second kappa shape index (κ2) is 7.72. The van der Waals surface area contributed by atoms with Crippen LogP contribution in [-0.4, -0.2) is 36.0 Å². The number of hydrogen-bond acceptors (Lipinski definition) is 3. The molecular formula is C20H27N3O2. The molecule has 0 atom stereocenters. The van der Waals surface area contributed by atoms with Crippen LogP contribution in [-0.2, 0) is 4.79 Å². The summed E-state index contributed by atoms with van der Waals surface area (Å²) in [6, 6.07) is 7.87. The van der Waals surface area contributed by atoms with Crippen LogP contribution < -0.4 is 10.2 Å². The molecular weight excluding hydrogens is 314 g/mol. The van der Waals surface area contributed by atoms with Crippen molar-refractivity contribution in [3.8, 4) is 0 Å². The lowest BCUT2D eigenvalue weighted by atomic mass is 9.94. The largest absolute Gasteiger partial charge is 0.372 e. The highest BCUT2D eigenvalue weighted by Crippen LogP contribution is 2.27. The van der Waals surface area contributed by atoms with Gasteiger partial charge in [0.1, 0.15) is 5.70 Å². The lowest BCUT2D eigenvalue weighted by molar-refractivity contribution is -0.124. The second-order valence-electron chi connectivity index (χ2n) is 6.72. The molecule has 0 unspecified atom stereocenters. The van der Waals surface area contributed by atoms with Crippen molar-refractivity contribution in [2.24, 2.45) is 0 Å². The van der Waals surface area contributed by atoms with Crippen LogP contribution in [0.2, 0.25) is 0 Å². The molecule has 0 spiro atoms. The molecule has 1 aliphatic heterocycles. The van der Waals surface area contributed by atoms with E-state index in [0.29, 0.717) is 5.70 Å². The van der Waals surface area contributed by atoms with Crippen molar-refractivity contribution in [1.29, 1.82) is 0 Å². The van der Waals surface area contributed by atoms with Crippen molar-refractivity contribution in [3.05, 3.63) is 35.5 Å². The number of anilines is 1. The number of urea groups is 1. The Morgan fingerprint density at radius 2 is 1.72 bits per heavy atom. The molecule has 5 heteroatoms.